The van der Waals surface area contributed by atoms with E-state index in [9.17, 15) is 4.79 Å². The van der Waals surface area contributed by atoms with Crippen molar-refractivity contribution in [2.24, 2.45) is 5.92 Å². The van der Waals surface area contributed by atoms with E-state index in [0.29, 0.717) is 40.1 Å². The fourth-order valence-electron chi connectivity index (χ4n) is 1.91. The molecule has 0 aliphatic rings. The summed E-state index contributed by atoms with van der Waals surface area (Å²) in [6.07, 6.45) is 2.87. The predicted molar refractivity (Wildman–Crippen MR) is 89.2 cm³/mol. The molecule has 0 amide bonds. The molecular weight excluding hydrogens is 333 g/mol. The van der Waals surface area contributed by atoms with E-state index < -0.39 is 0 Å². The predicted octanol–water partition coefficient (Wildman–Crippen LogP) is 5.14. The first-order chi connectivity index (χ1) is 9.92. The highest BCUT2D eigenvalue weighted by molar-refractivity contribution is 6.42. The van der Waals surface area contributed by atoms with Crippen LogP contribution in [-0.4, -0.2) is 12.6 Å². The molecule has 0 saturated heterocycles. The van der Waals surface area contributed by atoms with Crippen molar-refractivity contribution >= 4 is 46.5 Å². The molecule has 1 unspecified atom stereocenters. The van der Waals surface area contributed by atoms with Gasteiger partial charge < -0.3 is 10.5 Å². The number of unbranched alkanes of at least 4 members (excludes halogenated alkanes) is 1. The lowest BCUT2D eigenvalue weighted by atomic mass is 9.96. The summed E-state index contributed by atoms with van der Waals surface area (Å²) >= 11 is 18.3. The van der Waals surface area contributed by atoms with Gasteiger partial charge in [0, 0.05) is 5.02 Å². The number of halogens is 3. The lowest BCUT2D eigenvalue weighted by molar-refractivity contribution is -0.148. The van der Waals surface area contributed by atoms with Crippen LogP contribution in [0.5, 0.6) is 0 Å². The van der Waals surface area contributed by atoms with E-state index in [1.165, 1.54) is 0 Å². The van der Waals surface area contributed by atoms with Crippen LogP contribution in [0.4, 0.5) is 5.69 Å². The van der Waals surface area contributed by atoms with Gasteiger partial charge in [0.25, 0.3) is 0 Å². The molecule has 1 aromatic carbocycles. The zero-order valence-electron chi connectivity index (χ0n) is 12.2. The zero-order valence-corrected chi connectivity index (χ0v) is 14.5. The Morgan fingerprint density at radius 3 is 2.52 bits per heavy atom. The third kappa shape index (κ3) is 4.94. The van der Waals surface area contributed by atoms with Crippen LogP contribution in [0.25, 0.3) is 0 Å². The van der Waals surface area contributed by atoms with Crippen LogP contribution in [0, 0.1) is 5.92 Å². The van der Waals surface area contributed by atoms with E-state index in [4.69, 9.17) is 45.3 Å². The zero-order chi connectivity index (χ0) is 16.0. The maximum atomic E-state index is 12.1. The first-order valence-corrected chi connectivity index (χ1v) is 8.14. The van der Waals surface area contributed by atoms with Gasteiger partial charge in [-0.3, -0.25) is 4.79 Å². The molecule has 6 heteroatoms. The molecule has 1 rings (SSSR count). The van der Waals surface area contributed by atoms with Crippen LogP contribution in [-0.2, 0) is 16.0 Å². The fourth-order valence-corrected chi connectivity index (χ4v) is 2.83. The maximum Gasteiger partial charge on any atom is 0.309 e. The van der Waals surface area contributed by atoms with Crippen molar-refractivity contribution in [3.05, 3.63) is 26.7 Å². The molecule has 118 valence electrons. The van der Waals surface area contributed by atoms with E-state index in [-0.39, 0.29) is 17.6 Å². The highest BCUT2D eigenvalue weighted by atomic mass is 35.5. The van der Waals surface area contributed by atoms with Gasteiger partial charge in [0.15, 0.2) is 0 Å². The van der Waals surface area contributed by atoms with Crippen LogP contribution >= 0.6 is 34.8 Å². The fraction of sp³-hybridized carbons (Fsp3) is 0.533. The summed E-state index contributed by atoms with van der Waals surface area (Å²) in [6, 6.07) is 1.55. The number of nitrogens with two attached hydrogens (primary N) is 1. The van der Waals surface area contributed by atoms with Crippen molar-refractivity contribution in [1.82, 2.24) is 0 Å². The number of rotatable bonds is 7. The molecule has 0 aliphatic heterocycles. The second kappa shape index (κ2) is 8.72. The summed E-state index contributed by atoms with van der Waals surface area (Å²) in [4.78, 5) is 12.1. The first kappa shape index (κ1) is 18.4. The second-order valence-corrected chi connectivity index (χ2v) is 6.07. The number of anilines is 1. The third-order valence-corrected chi connectivity index (χ3v) is 4.40. The highest BCUT2D eigenvalue weighted by Gasteiger charge is 2.23. The van der Waals surface area contributed by atoms with Gasteiger partial charge in [-0.25, -0.2) is 0 Å². The Labute approximate surface area is 140 Å². The Kier molecular flexibility index (Phi) is 7.64. The minimum atomic E-state index is -0.294. The summed E-state index contributed by atoms with van der Waals surface area (Å²) in [5.74, 6) is -0.524. The number of nitrogen functional groups attached to an aromatic ring is 1. The van der Waals surface area contributed by atoms with Crippen molar-refractivity contribution in [1.29, 1.82) is 0 Å². The Hall–Kier alpha value is -0.640. The van der Waals surface area contributed by atoms with Crippen LogP contribution in [0.15, 0.2) is 6.07 Å². The Balaban J connectivity index is 2.87. The maximum absolute atomic E-state index is 12.1. The molecule has 1 aromatic rings. The van der Waals surface area contributed by atoms with Crippen LogP contribution in [0.3, 0.4) is 0 Å². The standard InChI is InChI=1S/C15H20Cl3NO2/c1-3-5-6-21-15(20)9(4-2)7-10-11(16)8-12(17)14(19)13(10)18/h8-9H,3-7,19H2,1-2H3. The summed E-state index contributed by atoms with van der Waals surface area (Å²) in [6.45, 7) is 4.41. The Bertz CT molecular complexity index is 506. The molecule has 0 aromatic heterocycles. The van der Waals surface area contributed by atoms with Gasteiger partial charge in [-0.2, -0.15) is 0 Å². The first-order valence-electron chi connectivity index (χ1n) is 7.00. The van der Waals surface area contributed by atoms with E-state index >= 15 is 0 Å². The van der Waals surface area contributed by atoms with Gasteiger partial charge in [0.05, 0.1) is 28.3 Å². The van der Waals surface area contributed by atoms with Crippen LogP contribution < -0.4 is 5.73 Å². The Morgan fingerprint density at radius 2 is 1.95 bits per heavy atom. The molecule has 0 aliphatic carbocycles. The number of esters is 1. The largest absolute Gasteiger partial charge is 0.465 e. The summed E-state index contributed by atoms with van der Waals surface area (Å²) in [5, 5.41) is 1.04. The van der Waals surface area contributed by atoms with Gasteiger partial charge >= 0.3 is 5.97 Å². The number of carbonyl (C=O) groups excluding carboxylic acids is 1. The van der Waals surface area contributed by atoms with Gasteiger partial charge in [0.2, 0.25) is 0 Å². The van der Waals surface area contributed by atoms with Crippen molar-refractivity contribution < 1.29 is 9.53 Å². The van der Waals surface area contributed by atoms with Gasteiger partial charge in [-0.1, -0.05) is 55.1 Å². The molecule has 0 fully saturated rings. The topological polar surface area (TPSA) is 52.3 Å². The average molecular weight is 353 g/mol. The number of ether oxygens (including phenoxy) is 1. The molecule has 0 spiro atoms. The minimum Gasteiger partial charge on any atom is -0.465 e. The van der Waals surface area contributed by atoms with Crippen molar-refractivity contribution in [2.45, 2.75) is 39.5 Å². The molecule has 1 atom stereocenters. The molecular formula is C15H20Cl3NO2. The number of carbonyl (C=O) groups is 1. The molecule has 0 heterocycles. The molecule has 0 radical (unpaired) electrons. The van der Waals surface area contributed by atoms with Gasteiger partial charge in [-0.05, 0) is 30.9 Å². The Morgan fingerprint density at radius 1 is 1.29 bits per heavy atom. The van der Waals surface area contributed by atoms with Crippen molar-refractivity contribution in [3.8, 4) is 0 Å². The smallest absolute Gasteiger partial charge is 0.309 e. The lowest BCUT2D eigenvalue weighted by Crippen LogP contribution is -2.20. The normalized spacial score (nSPS) is 12.2. The average Bonchev–Trinajstić information content (AvgIpc) is 2.45. The summed E-state index contributed by atoms with van der Waals surface area (Å²) in [5.41, 5.74) is 6.73. The van der Waals surface area contributed by atoms with Crippen molar-refractivity contribution in [2.75, 3.05) is 12.3 Å². The molecule has 21 heavy (non-hydrogen) atoms. The SMILES string of the molecule is CCCCOC(=O)C(CC)Cc1c(Cl)cc(Cl)c(N)c1Cl. The summed E-state index contributed by atoms with van der Waals surface area (Å²) < 4.78 is 5.26. The van der Waals surface area contributed by atoms with Gasteiger partial charge in [-0.15, -0.1) is 0 Å². The lowest BCUT2D eigenvalue weighted by Gasteiger charge is -2.17. The van der Waals surface area contributed by atoms with E-state index in [2.05, 4.69) is 0 Å². The summed E-state index contributed by atoms with van der Waals surface area (Å²) in [7, 11) is 0. The molecule has 3 nitrogen and oxygen atoms in total. The number of hydrogen-bond donors (Lipinski definition) is 1. The van der Waals surface area contributed by atoms with E-state index in [1.54, 1.807) is 6.07 Å². The third-order valence-electron chi connectivity index (χ3n) is 3.32. The molecule has 2 N–H and O–H groups in total. The second-order valence-electron chi connectivity index (χ2n) is 4.88. The quantitative estimate of drug-likeness (QED) is 0.420. The van der Waals surface area contributed by atoms with Crippen molar-refractivity contribution in [3.63, 3.8) is 0 Å². The van der Waals surface area contributed by atoms with Crippen LogP contribution in [0.1, 0.15) is 38.7 Å². The van der Waals surface area contributed by atoms with Crippen LogP contribution in [0.2, 0.25) is 15.1 Å². The van der Waals surface area contributed by atoms with Gasteiger partial charge in [0.1, 0.15) is 0 Å². The minimum absolute atomic E-state index is 0.230. The number of benzene rings is 1. The molecule has 0 bridgehead atoms. The monoisotopic (exact) mass is 351 g/mol. The number of hydrogen-bond acceptors (Lipinski definition) is 3. The highest BCUT2D eigenvalue weighted by Crippen LogP contribution is 2.37. The van der Waals surface area contributed by atoms with E-state index in [1.807, 2.05) is 13.8 Å². The molecule has 0 saturated carbocycles. The van der Waals surface area contributed by atoms with E-state index in [0.717, 1.165) is 12.8 Å².